The van der Waals surface area contributed by atoms with Gasteiger partial charge in [-0.15, -0.1) is 12.4 Å². The molecule has 0 saturated heterocycles. The SMILES string of the molecule is CCCC(=Nc1ccccc1C#N)N(C)C.Cl. The number of hydrogen-bond acceptors (Lipinski definition) is 2. The Hall–Kier alpha value is -1.53. The van der Waals surface area contributed by atoms with Crippen LogP contribution in [0.5, 0.6) is 0 Å². The molecule has 0 saturated carbocycles. The van der Waals surface area contributed by atoms with Crippen molar-refractivity contribution in [2.24, 2.45) is 4.99 Å². The molecule has 0 bridgehead atoms. The van der Waals surface area contributed by atoms with E-state index in [9.17, 15) is 0 Å². The number of hydrogen-bond donors (Lipinski definition) is 0. The second-order valence-electron chi connectivity index (χ2n) is 3.80. The van der Waals surface area contributed by atoms with Crippen molar-refractivity contribution in [2.75, 3.05) is 14.1 Å². The third-order valence-electron chi connectivity index (χ3n) is 2.26. The Bertz CT molecular complexity index is 419. The second kappa shape index (κ2) is 7.70. The van der Waals surface area contributed by atoms with Crippen molar-refractivity contribution in [3.63, 3.8) is 0 Å². The van der Waals surface area contributed by atoms with E-state index in [-0.39, 0.29) is 12.4 Å². The molecule has 0 atom stereocenters. The molecule has 0 N–H and O–H groups in total. The molecular weight excluding hydrogens is 234 g/mol. The lowest BCUT2D eigenvalue weighted by Gasteiger charge is -2.15. The van der Waals surface area contributed by atoms with Crippen LogP contribution in [-0.2, 0) is 0 Å². The average molecular weight is 252 g/mol. The van der Waals surface area contributed by atoms with Gasteiger partial charge in [-0.1, -0.05) is 19.1 Å². The van der Waals surface area contributed by atoms with Crippen LogP contribution < -0.4 is 0 Å². The van der Waals surface area contributed by atoms with Crippen molar-refractivity contribution < 1.29 is 0 Å². The first-order valence-electron chi connectivity index (χ1n) is 5.43. The molecule has 1 aromatic rings. The van der Waals surface area contributed by atoms with Crippen molar-refractivity contribution in [1.29, 1.82) is 5.26 Å². The molecule has 0 radical (unpaired) electrons. The number of aliphatic imine (C=N–C) groups is 1. The van der Waals surface area contributed by atoms with Crippen LogP contribution in [0.25, 0.3) is 0 Å². The predicted molar refractivity (Wildman–Crippen MR) is 74.1 cm³/mol. The maximum atomic E-state index is 8.97. The van der Waals surface area contributed by atoms with Gasteiger partial charge in [-0.3, -0.25) is 0 Å². The van der Waals surface area contributed by atoms with Gasteiger partial charge in [0.1, 0.15) is 11.9 Å². The summed E-state index contributed by atoms with van der Waals surface area (Å²) in [6.07, 6.45) is 1.97. The molecule has 4 heteroatoms. The molecule has 92 valence electrons. The van der Waals surface area contributed by atoms with Gasteiger partial charge in [0, 0.05) is 20.5 Å². The fraction of sp³-hybridized carbons (Fsp3) is 0.385. The number of benzene rings is 1. The van der Waals surface area contributed by atoms with E-state index in [2.05, 4.69) is 18.0 Å². The summed E-state index contributed by atoms with van der Waals surface area (Å²) in [5.41, 5.74) is 1.38. The summed E-state index contributed by atoms with van der Waals surface area (Å²) >= 11 is 0. The van der Waals surface area contributed by atoms with Crippen molar-refractivity contribution in [3.8, 4) is 6.07 Å². The standard InChI is InChI=1S/C13H17N3.ClH/c1-4-7-13(16(2)3)15-12-9-6-5-8-11(12)10-14;/h5-6,8-9H,4,7H2,1-3H3;1H. The van der Waals surface area contributed by atoms with Crippen LogP contribution in [0.1, 0.15) is 25.3 Å². The Balaban J connectivity index is 0.00000256. The highest BCUT2D eigenvalue weighted by molar-refractivity contribution is 5.85. The molecule has 3 nitrogen and oxygen atoms in total. The summed E-state index contributed by atoms with van der Waals surface area (Å²) < 4.78 is 0. The lowest BCUT2D eigenvalue weighted by Crippen LogP contribution is -2.21. The maximum absolute atomic E-state index is 8.97. The third kappa shape index (κ3) is 4.46. The summed E-state index contributed by atoms with van der Waals surface area (Å²) in [6.45, 7) is 2.12. The van der Waals surface area contributed by atoms with Gasteiger partial charge in [0.2, 0.25) is 0 Å². The molecule has 1 rings (SSSR count). The zero-order valence-corrected chi connectivity index (χ0v) is 11.3. The Morgan fingerprint density at radius 1 is 1.35 bits per heavy atom. The fourth-order valence-corrected chi connectivity index (χ4v) is 1.41. The zero-order valence-electron chi connectivity index (χ0n) is 10.5. The summed E-state index contributed by atoms with van der Waals surface area (Å²) in [5.74, 6) is 1.00. The molecule has 0 aliphatic carbocycles. The van der Waals surface area contributed by atoms with Crippen molar-refractivity contribution in [3.05, 3.63) is 29.8 Å². The third-order valence-corrected chi connectivity index (χ3v) is 2.26. The van der Waals surface area contributed by atoms with E-state index in [0.717, 1.165) is 24.4 Å². The number of nitriles is 1. The Morgan fingerprint density at radius 3 is 2.53 bits per heavy atom. The summed E-state index contributed by atoms with van der Waals surface area (Å²) in [5, 5.41) is 8.97. The molecule has 0 aliphatic heterocycles. The number of amidine groups is 1. The summed E-state index contributed by atoms with van der Waals surface area (Å²) in [4.78, 5) is 6.54. The lowest BCUT2D eigenvalue weighted by molar-refractivity contribution is 0.600. The molecule has 0 aliphatic rings. The molecule has 0 amide bonds. The van der Waals surface area contributed by atoms with E-state index in [1.54, 1.807) is 6.07 Å². The molecule has 17 heavy (non-hydrogen) atoms. The van der Waals surface area contributed by atoms with E-state index in [1.165, 1.54) is 0 Å². The molecule has 1 aromatic carbocycles. The van der Waals surface area contributed by atoms with Crippen LogP contribution in [-0.4, -0.2) is 24.8 Å². The second-order valence-corrected chi connectivity index (χ2v) is 3.80. The summed E-state index contributed by atoms with van der Waals surface area (Å²) in [7, 11) is 3.95. The molecule has 0 aromatic heterocycles. The van der Waals surface area contributed by atoms with Crippen LogP contribution >= 0.6 is 12.4 Å². The summed E-state index contributed by atoms with van der Waals surface area (Å²) in [6, 6.07) is 9.57. The van der Waals surface area contributed by atoms with Gasteiger partial charge in [0.25, 0.3) is 0 Å². The molecule has 0 fully saturated rings. The molecule has 0 heterocycles. The minimum absolute atomic E-state index is 0. The Labute approximate surface area is 109 Å². The normalized spacial score (nSPS) is 10.4. The first kappa shape index (κ1) is 15.5. The van der Waals surface area contributed by atoms with Crippen LogP contribution in [0.3, 0.4) is 0 Å². The van der Waals surface area contributed by atoms with Crippen LogP contribution in [0.4, 0.5) is 5.69 Å². The van der Waals surface area contributed by atoms with Crippen molar-refractivity contribution in [2.45, 2.75) is 19.8 Å². The van der Waals surface area contributed by atoms with Crippen molar-refractivity contribution >= 4 is 23.9 Å². The van der Waals surface area contributed by atoms with E-state index in [4.69, 9.17) is 5.26 Å². The van der Waals surface area contributed by atoms with Gasteiger partial charge < -0.3 is 4.90 Å². The zero-order chi connectivity index (χ0) is 12.0. The minimum atomic E-state index is 0. The monoisotopic (exact) mass is 251 g/mol. The van der Waals surface area contributed by atoms with E-state index in [1.807, 2.05) is 37.2 Å². The van der Waals surface area contributed by atoms with E-state index in [0.29, 0.717) is 5.56 Å². The lowest BCUT2D eigenvalue weighted by atomic mass is 10.2. The highest BCUT2D eigenvalue weighted by atomic mass is 35.5. The molecule has 0 unspecified atom stereocenters. The first-order valence-corrected chi connectivity index (χ1v) is 5.43. The fourth-order valence-electron chi connectivity index (χ4n) is 1.41. The largest absolute Gasteiger partial charge is 0.366 e. The van der Waals surface area contributed by atoms with E-state index < -0.39 is 0 Å². The topological polar surface area (TPSA) is 39.4 Å². The smallest absolute Gasteiger partial charge is 0.104 e. The number of nitrogens with zero attached hydrogens (tertiary/aromatic N) is 3. The Morgan fingerprint density at radius 2 is 2.00 bits per heavy atom. The number of para-hydroxylation sites is 1. The molecule has 0 spiro atoms. The van der Waals surface area contributed by atoms with Gasteiger partial charge in [0.05, 0.1) is 11.3 Å². The van der Waals surface area contributed by atoms with Gasteiger partial charge in [-0.25, -0.2) is 4.99 Å². The molecular formula is C13H18ClN3. The quantitative estimate of drug-likeness (QED) is 0.610. The van der Waals surface area contributed by atoms with Crippen LogP contribution in [0.15, 0.2) is 29.3 Å². The minimum Gasteiger partial charge on any atom is -0.366 e. The number of halogens is 1. The highest BCUT2D eigenvalue weighted by Crippen LogP contribution is 2.18. The van der Waals surface area contributed by atoms with Gasteiger partial charge in [-0.05, 0) is 18.6 Å². The van der Waals surface area contributed by atoms with Crippen LogP contribution in [0, 0.1) is 11.3 Å². The highest BCUT2D eigenvalue weighted by Gasteiger charge is 2.03. The van der Waals surface area contributed by atoms with E-state index >= 15 is 0 Å². The number of rotatable bonds is 3. The van der Waals surface area contributed by atoms with Crippen molar-refractivity contribution in [1.82, 2.24) is 4.90 Å². The predicted octanol–water partition coefficient (Wildman–Crippen LogP) is 3.37. The average Bonchev–Trinajstić information content (AvgIpc) is 2.29. The maximum Gasteiger partial charge on any atom is 0.104 e. The van der Waals surface area contributed by atoms with Gasteiger partial charge >= 0.3 is 0 Å². The Kier molecular flexibility index (Phi) is 7.00. The first-order chi connectivity index (χ1) is 7.69. The van der Waals surface area contributed by atoms with Crippen LogP contribution in [0.2, 0.25) is 0 Å². The van der Waals surface area contributed by atoms with Gasteiger partial charge in [0.15, 0.2) is 0 Å². The van der Waals surface area contributed by atoms with Gasteiger partial charge in [-0.2, -0.15) is 5.26 Å².